The number of rotatable bonds is 8. The predicted octanol–water partition coefficient (Wildman–Crippen LogP) is 1.91. The number of nitrogens with one attached hydrogen (secondary N) is 1. The van der Waals surface area contributed by atoms with Crippen molar-refractivity contribution in [1.82, 2.24) is 18.7 Å². The van der Waals surface area contributed by atoms with Gasteiger partial charge in [0.25, 0.3) is 5.56 Å². The van der Waals surface area contributed by atoms with Gasteiger partial charge in [0.2, 0.25) is 5.95 Å². The van der Waals surface area contributed by atoms with E-state index in [4.69, 9.17) is 4.74 Å². The number of ether oxygens (including phenoxy) is 1. The maximum atomic E-state index is 13.4. The highest BCUT2D eigenvalue weighted by atomic mass is 79.9. The van der Waals surface area contributed by atoms with Crippen LogP contribution in [0.4, 0.5) is 5.95 Å². The van der Waals surface area contributed by atoms with Gasteiger partial charge in [-0.1, -0.05) is 18.9 Å². The Labute approximate surface area is 204 Å². The van der Waals surface area contributed by atoms with Gasteiger partial charge in [0, 0.05) is 6.54 Å². The SMILES string of the molecule is CCn1c(=O)c2c(nc(NC3CCCCC3O)n2Cc2ccc(OC)c(Br)c2)n(CCO)c1=O. The lowest BCUT2D eigenvalue weighted by molar-refractivity contribution is 0.116. The molecule has 1 aromatic carbocycles. The van der Waals surface area contributed by atoms with Crippen LogP contribution in [0, 0.1) is 0 Å². The van der Waals surface area contributed by atoms with Gasteiger partial charge in [-0.15, -0.1) is 0 Å². The second-order valence-electron chi connectivity index (χ2n) is 8.47. The third-order valence-electron chi connectivity index (χ3n) is 6.36. The topological polar surface area (TPSA) is 124 Å². The summed E-state index contributed by atoms with van der Waals surface area (Å²) in [6, 6.07) is 5.43. The Morgan fingerprint density at radius 2 is 1.97 bits per heavy atom. The molecule has 11 heteroatoms. The minimum Gasteiger partial charge on any atom is -0.496 e. The van der Waals surface area contributed by atoms with E-state index in [2.05, 4.69) is 26.2 Å². The lowest BCUT2D eigenvalue weighted by Gasteiger charge is -2.28. The van der Waals surface area contributed by atoms with Crippen LogP contribution in [0.25, 0.3) is 11.2 Å². The molecule has 0 aliphatic heterocycles. The molecule has 1 aliphatic carbocycles. The summed E-state index contributed by atoms with van der Waals surface area (Å²) in [6.45, 7) is 1.99. The number of hydrogen-bond acceptors (Lipinski definition) is 7. The number of imidazole rings is 1. The van der Waals surface area contributed by atoms with E-state index >= 15 is 0 Å². The molecular formula is C23H30BrN5O5. The van der Waals surface area contributed by atoms with Crippen LogP contribution < -0.4 is 21.3 Å². The molecule has 0 spiro atoms. The lowest BCUT2D eigenvalue weighted by Crippen LogP contribution is -2.40. The van der Waals surface area contributed by atoms with Crippen LogP contribution in [-0.2, 0) is 19.6 Å². The van der Waals surface area contributed by atoms with Gasteiger partial charge < -0.3 is 20.3 Å². The third-order valence-corrected chi connectivity index (χ3v) is 6.97. The van der Waals surface area contributed by atoms with Gasteiger partial charge in [-0.2, -0.15) is 4.98 Å². The van der Waals surface area contributed by atoms with E-state index in [0.29, 0.717) is 24.7 Å². The maximum Gasteiger partial charge on any atom is 0.332 e. The summed E-state index contributed by atoms with van der Waals surface area (Å²) in [5.41, 5.74) is 0.439. The number of anilines is 1. The molecule has 2 aromatic heterocycles. The van der Waals surface area contributed by atoms with Crippen molar-refractivity contribution in [1.29, 1.82) is 0 Å². The molecule has 1 fully saturated rings. The van der Waals surface area contributed by atoms with Crippen molar-refractivity contribution >= 4 is 33.0 Å². The van der Waals surface area contributed by atoms with Crippen molar-refractivity contribution in [2.24, 2.45) is 0 Å². The molecule has 34 heavy (non-hydrogen) atoms. The van der Waals surface area contributed by atoms with E-state index < -0.39 is 17.4 Å². The molecule has 3 aromatic rings. The third kappa shape index (κ3) is 4.51. The van der Waals surface area contributed by atoms with Crippen molar-refractivity contribution in [3.05, 3.63) is 49.1 Å². The van der Waals surface area contributed by atoms with Gasteiger partial charge in [0.15, 0.2) is 11.2 Å². The molecule has 10 nitrogen and oxygen atoms in total. The van der Waals surface area contributed by atoms with Crippen LogP contribution >= 0.6 is 15.9 Å². The normalized spacial score (nSPS) is 18.4. The first-order valence-electron chi connectivity index (χ1n) is 11.5. The summed E-state index contributed by atoms with van der Waals surface area (Å²) in [5, 5.41) is 23.4. The largest absolute Gasteiger partial charge is 0.496 e. The second kappa shape index (κ2) is 10.3. The van der Waals surface area contributed by atoms with Crippen LogP contribution in [0.1, 0.15) is 38.2 Å². The molecule has 0 amide bonds. The summed E-state index contributed by atoms with van der Waals surface area (Å²) in [4.78, 5) is 31.0. The zero-order chi connectivity index (χ0) is 24.4. The predicted molar refractivity (Wildman–Crippen MR) is 133 cm³/mol. The van der Waals surface area contributed by atoms with Gasteiger partial charge in [-0.25, -0.2) is 4.79 Å². The molecule has 1 aliphatic rings. The van der Waals surface area contributed by atoms with Crippen molar-refractivity contribution < 1.29 is 14.9 Å². The van der Waals surface area contributed by atoms with Gasteiger partial charge in [0.1, 0.15) is 5.75 Å². The number of halogens is 1. The first kappa shape index (κ1) is 24.5. The fourth-order valence-electron chi connectivity index (χ4n) is 4.57. The van der Waals surface area contributed by atoms with Crippen molar-refractivity contribution in [2.45, 2.75) is 64.4 Å². The average Bonchev–Trinajstić information content (AvgIpc) is 3.16. The Morgan fingerprint density at radius 1 is 1.21 bits per heavy atom. The highest BCUT2D eigenvalue weighted by Crippen LogP contribution is 2.28. The van der Waals surface area contributed by atoms with Crippen LogP contribution in [0.5, 0.6) is 5.75 Å². The fourth-order valence-corrected chi connectivity index (χ4v) is 5.16. The summed E-state index contributed by atoms with van der Waals surface area (Å²) in [7, 11) is 1.59. The number of hydrogen-bond donors (Lipinski definition) is 3. The molecule has 184 valence electrons. The molecule has 2 heterocycles. The quantitative estimate of drug-likeness (QED) is 0.402. The monoisotopic (exact) mass is 535 g/mol. The molecule has 0 saturated heterocycles. The second-order valence-corrected chi connectivity index (χ2v) is 9.33. The molecule has 1 saturated carbocycles. The summed E-state index contributed by atoms with van der Waals surface area (Å²) < 4.78 is 10.3. The first-order valence-corrected chi connectivity index (χ1v) is 12.3. The Bertz CT molecular complexity index is 1300. The highest BCUT2D eigenvalue weighted by Gasteiger charge is 2.27. The fraction of sp³-hybridized carbons (Fsp3) is 0.522. The van der Waals surface area contributed by atoms with Gasteiger partial charge in [-0.3, -0.25) is 18.5 Å². The zero-order valence-corrected chi connectivity index (χ0v) is 20.9. The maximum absolute atomic E-state index is 13.4. The Kier molecular flexibility index (Phi) is 7.44. The lowest BCUT2D eigenvalue weighted by atomic mass is 9.93. The molecular weight excluding hydrogens is 506 g/mol. The van der Waals surface area contributed by atoms with Gasteiger partial charge >= 0.3 is 5.69 Å². The number of methoxy groups -OCH3 is 1. The number of nitrogens with zero attached hydrogens (tertiary/aromatic N) is 4. The highest BCUT2D eigenvalue weighted by molar-refractivity contribution is 9.10. The molecule has 2 atom stereocenters. The van der Waals surface area contributed by atoms with Crippen LogP contribution in [0.3, 0.4) is 0 Å². The van der Waals surface area contributed by atoms with E-state index in [0.717, 1.165) is 33.9 Å². The number of fused-ring (bicyclic) bond motifs is 1. The number of aliphatic hydroxyl groups excluding tert-OH is 2. The Balaban J connectivity index is 1.92. The van der Waals surface area contributed by atoms with E-state index in [1.54, 1.807) is 18.6 Å². The number of aromatic nitrogens is 4. The molecule has 4 rings (SSSR count). The Hall–Kier alpha value is -2.63. The zero-order valence-electron chi connectivity index (χ0n) is 19.3. The number of benzene rings is 1. The van der Waals surface area contributed by atoms with Gasteiger partial charge in [0.05, 0.1) is 43.4 Å². The Morgan fingerprint density at radius 3 is 2.62 bits per heavy atom. The van der Waals surface area contributed by atoms with Crippen molar-refractivity contribution in [2.75, 3.05) is 19.0 Å². The summed E-state index contributed by atoms with van der Waals surface area (Å²) >= 11 is 3.51. The molecule has 0 bridgehead atoms. The number of aliphatic hydroxyl groups is 2. The smallest absolute Gasteiger partial charge is 0.332 e. The van der Waals surface area contributed by atoms with Gasteiger partial charge in [-0.05, 0) is 53.4 Å². The minimum atomic E-state index is -0.524. The van der Waals surface area contributed by atoms with Crippen molar-refractivity contribution in [3.8, 4) is 5.75 Å². The van der Waals surface area contributed by atoms with Crippen LogP contribution in [-0.4, -0.2) is 54.8 Å². The molecule has 3 N–H and O–H groups in total. The molecule has 0 radical (unpaired) electrons. The van der Waals surface area contributed by atoms with E-state index in [-0.39, 0.29) is 36.9 Å². The summed E-state index contributed by atoms with van der Waals surface area (Å²) in [6.07, 6.45) is 2.90. The van der Waals surface area contributed by atoms with E-state index in [1.807, 2.05) is 18.2 Å². The summed E-state index contributed by atoms with van der Waals surface area (Å²) in [5.74, 6) is 1.10. The van der Waals surface area contributed by atoms with E-state index in [1.165, 1.54) is 4.57 Å². The average molecular weight is 536 g/mol. The van der Waals surface area contributed by atoms with Crippen LogP contribution in [0.15, 0.2) is 32.3 Å². The van der Waals surface area contributed by atoms with E-state index in [9.17, 15) is 19.8 Å². The van der Waals surface area contributed by atoms with Crippen molar-refractivity contribution in [3.63, 3.8) is 0 Å². The first-order chi connectivity index (χ1) is 16.4. The molecule has 2 unspecified atom stereocenters. The standard InChI is InChI=1S/C23H30BrN5O5/c1-3-27-21(32)19-20(28(10-11-30)23(27)33)26-22(25-16-6-4-5-7-17(16)31)29(19)13-14-8-9-18(34-2)15(24)12-14/h8-9,12,16-17,30-31H,3-7,10-11,13H2,1-2H3,(H,25,26). The van der Waals surface area contributed by atoms with Crippen LogP contribution in [0.2, 0.25) is 0 Å². The minimum absolute atomic E-state index is 0.0200.